The van der Waals surface area contributed by atoms with Gasteiger partial charge in [-0.2, -0.15) is 0 Å². The van der Waals surface area contributed by atoms with E-state index in [9.17, 15) is 5.11 Å². The van der Waals surface area contributed by atoms with Crippen LogP contribution in [0.5, 0.6) is 0 Å². The molecule has 1 N–H and O–H groups in total. The Labute approximate surface area is 92.1 Å². The lowest BCUT2D eigenvalue weighted by molar-refractivity contribution is 0.166. The number of hydrogen-bond donors (Lipinski definition) is 1. The highest BCUT2D eigenvalue weighted by Gasteiger charge is 2.05. The van der Waals surface area contributed by atoms with Gasteiger partial charge in [0.2, 0.25) is 0 Å². The Morgan fingerprint density at radius 3 is 2.67 bits per heavy atom. The molecule has 0 heterocycles. The molecule has 0 saturated carbocycles. The van der Waals surface area contributed by atoms with Gasteiger partial charge in [-0.15, -0.1) is 12.3 Å². The summed E-state index contributed by atoms with van der Waals surface area (Å²) in [6.07, 6.45) is 6.86. The lowest BCUT2D eigenvalue weighted by Crippen LogP contribution is -2.10. The van der Waals surface area contributed by atoms with Crippen LogP contribution >= 0.6 is 0 Å². The number of aliphatic hydroxyl groups is 1. The Morgan fingerprint density at radius 1 is 1.33 bits per heavy atom. The molecule has 1 heteroatoms. The molecule has 0 aliphatic carbocycles. The summed E-state index contributed by atoms with van der Waals surface area (Å²) in [7, 11) is 0. The van der Waals surface area contributed by atoms with Crippen LogP contribution in [0, 0.1) is 26.2 Å². The fourth-order valence-electron chi connectivity index (χ4n) is 1.55. The molecule has 0 fully saturated rings. The fraction of sp³-hybridized carbons (Fsp3) is 0.429. The minimum absolute atomic E-state index is 0.317. The van der Waals surface area contributed by atoms with Crippen LogP contribution in [0.3, 0.4) is 0 Å². The van der Waals surface area contributed by atoms with Gasteiger partial charge < -0.3 is 5.11 Å². The Balaban J connectivity index is 2.57. The average molecular weight is 202 g/mol. The Hall–Kier alpha value is -1.26. The van der Waals surface area contributed by atoms with Gasteiger partial charge in [-0.25, -0.2) is 0 Å². The zero-order valence-electron chi connectivity index (χ0n) is 9.46. The van der Waals surface area contributed by atoms with Crippen LogP contribution in [0.15, 0.2) is 18.2 Å². The van der Waals surface area contributed by atoms with E-state index in [2.05, 4.69) is 38.0 Å². The summed E-state index contributed by atoms with van der Waals surface area (Å²) in [5, 5.41) is 9.70. The van der Waals surface area contributed by atoms with E-state index in [0.717, 1.165) is 0 Å². The number of terminal acetylenes is 1. The molecule has 1 atom stereocenters. The summed E-state index contributed by atoms with van der Waals surface area (Å²) in [6, 6.07) is 6.30. The van der Waals surface area contributed by atoms with E-state index in [1.165, 1.54) is 16.7 Å². The average Bonchev–Trinajstić information content (AvgIpc) is 2.20. The molecule has 1 unspecified atom stereocenters. The SMILES string of the molecule is C#CCCC(O)Cc1ccc(C)c(C)c1. The molecule has 0 aromatic heterocycles. The Bertz CT molecular complexity index is 360. The van der Waals surface area contributed by atoms with Gasteiger partial charge in [0.15, 0.2) is 0 Å². The first-order valence-corrected chi connectivity index (χ1v) is 5.31. The number of hydrogen-bond acceptors (Lipinski definition) is 1. The Kier molecular flexibility index (Phi) is 4.39. The van der Waals surface area contributed by atoms with Crippen molar-refractivity contribution in [2.75, 3.05) is 0 Å². The third kappa shape index (κ3) is 3.77. The van der Waals surface area contributed by atoms with Crippen molar-refractivity contribution >= 4 is 0 Å². The van der Waals surface area contributed by atoms with E-state index in [4.69, 9.17) is 6.42 Å². The summed E-state index contributed by atoms with van der Waals surface area (Å²) in [4.78, 5) is 0. The van der Waals surface area contributed by atoms with Gasteiger partial charge in [-0.1, -0.05) is 18.2 Å². The van der Waals surface area contributed by atoms with Gasteiger partial charge in [0.05, 0.1) is 6.10 Å². The molecule has 0 spiro atoms. The van der Waals surface area contributed by atoms with Crippen LogP contribution < -0.4 is 0 Å². The second kappa shape index (κ2) is 5.58. The van der Waals surface area contributed by atoms with E-state index in [1.54, 1.807) is 0 Å². The first-order chi connectivity index (χ1) is 7.13. The summed E-state index contributed by atoms with van der Waals surface area (Å²) in [6.45, 7) is 4.18. The van der Waals surface area contributed by atoms with Crippen LogP contribution in [0.4, 0.5) is 0 Å². The van der Waals surface area contributed by atoms with Crippen molar-refractivity contribution in [1.82, 2.24) is 0 Å². The predicted molar refractivity (Wildman–Crippen MR) is 63.7 cm³/mol. The molecule has 1 aromatic rings. The van der Waals surface area contributed by atoms with Crippen molar-refractivity contribution in [3.63, 3.8) is 0 Å². The summed E-state index contributed by atoms with van der Waals surface area (Å²) >= 11 is 0. The molecule has 0 radical (unpaired) electrons. The lowest BCUT2D eigenvalue weighted by atomic mass is 10.0. The largest absolute Gasteiger partial charge is 0.393 e. The second-order valence-corrected chi connectivity index (χ2v) is 4.02. The van der Waals surface area contributed by atoms with Crippen LogP contribution in [0.2, 0.25) is 0 Å². The highest BCUT2D eigenvalue weighted by Crippen LogP contribution is 2.13. The first kappa shape index (κ1) is 11.8. The number of aliphatic hydroxyl groups excluding tert-OH is 1. The fourth-order valence-corrected chi connectivity index (χ4v) is 1.55. The van der Waals surface area contributed by atoms with Crippen LogP contribution in [-0.4, -0.2) is 11.2 Å². The smallest absolute Gasteiger partial charge is 0.0589 e. The quantitative estimate of drug-likeness (QED) is 0.744. The van der Waals surface area contributed by atoms with E-state index in [0.29, 0.717) is 19.3 Å². The zero-order valence-corrected chi connectivity index (χ0v) is 9.46. The number of rotatable bonds is 4. The summed E-state index contributed by atoms with van der Waals surface area (Å²) in [5.41, 5.74) is 3.75. The molecular weight excluding hydrogens is 184 g/mol. The van der Waals surface area contributed by atoms with Crippen molar-refractivity contribution < 1.29 is 5.11 Å². The van der Waals surface area contributed by atoms with Gasteiger partial charge in [-0.05, 0) is 43.4 Å². The number of aryl methyl sites for hydroxylation is 2. The second-order valence-electron chi connectivity index (χ2n) is 4.02. The third-order valence-electron chi connectivity index (χ3n) is 2.66. The van der Waals surface area contributed by atoms with Crippen molar-refractivity contribution in [2.24, 2.45) is 0 Å². The van der Waals surface area contributed by atoms with Crippen molar-refractivity contribution in [3.05, 3.63) is 34.9 Å². The highest BCUT2D eigenvalue weighted by molar-refractivity contribution is 5.30. The molecule has 80 valence electrons. The van der Waals surface area contributed by atoms with E-state index < -0.39 is 0 Å². The van der Waals surface area contributed by atoms with Crippen molar-refractivity contribution in [3.8, 4) is 12.3 Å². The molecule has 0 saturated heterocycles. The molecule has 0 amide bonds. The number of benzene rings is 1. The van der Waals surface area contributed by atoms with E-state index in [-0.39, 0.29) is 6.10 Å². The van der Waals surface area contributed by atoms with Gasteiger partial charge in [-0.3, -0.25) is 0 Å². The minimum Gasteiger partial charge on any atom is -0.393 e. The van der Waals surface area contributed by atoms with Gasteiger partial charge in [0.25, 0.3) is 0 Å². The molecule has 0 bridgehead atoms. The highest BCUT2D eigenvalue weighted by atomic mass is 16.3. The molecule has 0 aliphatic heterocycles. The molecule has 1 aromatic carbocycles. The molecular formula is C14H18O. The van der Waals surface area contributed by atoms with E-state index in [1.807, 2.05) is 0 Å². The third-order valence-corrected chi connectivity index (χ3v) is 2.66. The van der Waals surface area contributed by atoms with Crippen LogP contribution in [0.1, 0.15) is 29.5 Å². The first-order valence-electron chi connectivity index (χ1n) is 5.31. The van der Waals surface area contributed by atoms with Crippen molar-refractivity contribution in [1.29, 1.82) is 0 Å². The standard InChI is InChI=1S/C14H18O/c1-4-5-6-14(15)10-13-8-7-11(2)12(3)9-13/h1,7-9,14-15H,5-6,10H2,2-3H3. The lowest BCUT2D eigenvalue weighted by Gasteiger charge is -2.10. The summed E-state index contributed by atoms with van der Waals surface area (Å²) < 4.78 is 0. The van der Waals surface area contributed by atoms with Crippen LogP contribution in [0.25, 0.3) is 0 Å². The van der Waals surface area contributed by atoms with Gasteiger partial charge >= 0.3 is 0 Å². The zero-order chi connectivity index (χ0) is 11.3. The van der Waals surface area contributed by atoms with Gasteiger partial charge in [0, 0.05) is 6.42 Å². The van der Waals surface area contributed by atoms with Crippen LogP contribution in [-0.2, 0) is 6.42 Å². The van der Waals surface area contributed by atoms with Gasteiger partial charge in [0.1, 0.15) is 0 Å². The maximum Gasteiger partial charge on any atom is 0.0589 e. The maximum atomic E-state index is 9.70. The predicted octanol–water partition coefficient (Wildman–Crippen LogP) is 2.62. The maximum absolute atomic E-state index is 9.70. The minimum atomic E-state index is -0.317. The molecule has 0 aliphatic rings. The molecule has 15 heavy (non-hydrogen) atoms. The Morgan fingerprint density at radius 2 is 2.07 bits per heavy atom. The molecule has 1 nitrogen and oxygen atoms in total. The molecule has 1 rings (SSSR count). The normalized spacial score (nSPS) is 12.1. The monoisotopic (exact) mass is 202 g/mol. The topological polar surface area (TPSA) is 20.2 Å². The van der Waals surface area contributed by atoms with E-state index >= 15 is 0 Å². The summed E-state index contributed by atoms with van der Waals surface area (Å²) in [5.74, 6) is 2.54. The van der Waals surface area contributed by atoms with Crippen molar-refractivity contribution in [2.45, 2.75) is 39.2 Å².